The third-order valence-electron chi connectivity index (χ3n) is 4.03. The second-order valence-corrected chi connectivity index (χ2v) is 6.56. The fourth-order valence-electron chi connectivity index (χ4n) is 2.70. The van der Waals surface area contributed by atoms with E-state index in [0.717, 1.165) is 22.6 Å². The molecule has 3 aromatic rings. The molecule has 0 unspecified atom stereocenters. The summed E-state index contributed by atoms with van der Waals surface area (Å²) in [5, 5.41) is 16.1. The average molecular weight is 386 g/mol. The number of carboxylic acid groups (broad SMARTS) is 1. The van der Waals surface area contributed by atoms with Gasteiger partial charge in [-0.3, -0.25) is 4.68 Å². The highest BCUT2D eigenvalue weighted by atomic mass is 35.5. The Morgan fingerprint density at radius 3 is 2.74 bits per heavy atom. The minimum absolute atomic E-state index is 0.163. The number of hydrogen-bond donors (Lipinski definition) is 2. The van der Waals surface area contributed by atoms with Gasteiger partial charge in [0.15, 0.2) is 0 Å². The molecule has 0 saturated carbocycles. The quantitative estimate of drug-likeness (QED) is 0.637. The number of rotatable bonds is 7. The smallest absolute Gasteiger partial charge is 0.404 e. The predicted octanol–water partition coefficient (Wildman–Crippen LogP) is 4.24. The van der Waals surface area contributed by atoms with Crippen molar-refractivity contribution < 1.29 is 14.6 Å². The number of aryl methyl sites for hydroxylation is 1. The van der Waals surface area contributed by atoms with Crippen molar-refractivity contribution in [1.82, 2.24) is 15.1 Å². The van der Waals surface area contributed by atoms with Crippen LogP contribution in [0.1, 0.15) is 22.5 Å². The van der Waals surface area contributed by atoms with Crippen LogP contribution in [0.5, 0.6) is 5.75 Å². The van der Waals surface area contributed by atoms with Gasteiger partial charge in [-0.1, -0.05) is 41.9 Å². The summed E-state index contributed by atoms with van der Waals surface area (Å²) in [6, 6.07) is 17.3. The van der Waals surface area contributed by atoms with Gasteiger partial charge in [-0.2, -0.15) is 5.10 Å². The van der Waals surface area contributed by atoms with Crippen molar-refractivity contribution in [2.75, 3.05) is 0 Å². The summed E-state index contributed by atoms with van der Waals surface area (Å²) >= 11 is 6.17. The van der Waals surface area contributed by atoms with Gasteiger partial charge in [-0.05, 0) is 36.8 Å². The van der Waals surface area contributed by atoms with Gasteiger partial charge < -0.3 is 15.2 Å². The van der Waals surface area contributed by atoms with E-state index in [2.05, 4.69) is 10.4 Å². The standard InChI is InChI=1S/C20H20ClN3O3/c1-14-9-18(11-22-20(25)26)23-24(14)12-16-10-17(21)7-8-19(16)27-13-15-5-3-2-4-6-15/h2-10,22H,11-13H2,1H3,(H,25,26). The molecule has 0 radical (unpaired) electrons. The first-order chi connectivity index (χ1) is 13.0. The van der Waals surface area contributed by atoms with Gasteiger partial charge in [0, 0.05) is 16.3 Å². The van der Waals surface area contributed by atoms with Crippen LogP contribution < -0.4 is 10.1 Å². The molecule has 0 bridgehead atoms. The molecule has 1 amide bonds. The van der Waals surface area contributed by atoms with Gasteiger partial charge in [0.2, 0.25) is 0 Å². The lowest BCUT2D eigenvalue weighted by Crippen LogP contribution is -2.20. The van der Waals surface area contributed by atoms with Crippen molar-refractivity contribution in [2.24, 2.45) is 0 Å². The van der Waals surface area contributed by atoms with Crippen LogP contribution in [-0.4, -0.2) is 21.0 Å². The van der Waals surface area contributed by atoms with E-state index in [1.165, 1.54) is 0 Å². The third-order valence-corrected chi connectivity index (χ3v) is 4.27. The molecule has 3 rings (SSSR count). The maximum atomic E-state index is 10.6. The van der Waals surface area contributed by atoms with Gasteiger partial charge in [0.1, 0.15) is 12.4 Å². The van der Waals surface area contributed by atoms with E-state index in [1.807, 2.05) is 55.5 Å². The first-order valence-electron chi connectivity index (χ1n) is 8.46. The normalized spacial score (nSPS) is 10.6. The van der Waals surface area contributed by atoms with Crippen molar-refractivity contribution in [1.29, 1.82) is 0 Å². The lowest BCUT2D eigenvalue weighted by atomic mass is 10.2. The van der Waals surface area contributed by atoms with Crippen molar-refractivity contribution >= 4 is 17.7 Å². The fraction of sp³-hybridized carbons (Fsp3) is 0.200. The zero-order chi connectivity index (χ0) is 19.2. The molecular formula is C20H20ClN3O3. The lowest BCUT2D eigenvalue weighted by molar-refractivity contribution is 0.194. The summed E-state index contributed by atoms with van der Waals surface area (Å²) in [5.41, 5.74) is 3.56. The largest absolute Gasteiger partial charge is 0.489 e. The summed E-state index contributed by atoms with van der Waals surface area (Å²) in [6.07, 6.45) is -1.08. The van der Waals surface area contributed by atoms with Crippen molar-refractivity contribution in [3.8, 4) is 5.75 Å². The number of aromatic nitrogens is 2. The van der Waals surface area contributed by atoms with Crippen molar-refractivity contribution in [2.45, 2.75) is 26.6 Å². The summed E-state index contributed by atoms with van der Waals surface area (Å²) in [6.45, 7) is 3.02. The second-order valence-electron chi connectivity index (χ2n) is 6.12. The second kappa shape index (κ2) is 8.60. The van der Waals surface area contributed by atoms with Crippen LogP contribution in [0.15, 0.2) is 54.6 Å². The van der Waals surface area contributed by atoms with E-state index in [9.17, 15) is 4.79 Å². The topological polar surface area (TPSA) is 76.4 Å². The van der Waals surface area contributed by atoms with Gasteiger partial charge in [0.05, 0.1) is 18.8 Å². The number of carbonyl (C=O) groups is 1. The zero-order valence-electron chi connectivity index (χ0n) is 14.9. The van der Waals surface area contributed by atoms with Gasteiger partial charge >= 0.3 is 6.09 Å². The molecule has 0 aliphatic carbocycles. The Bertz CT molecular complexity index is 925. The van der Waals surface area contributed by atoms with E-state index >= 15 is 0 Å². The molecule has 0 spiro atoms. The molecule has 7 heteroatoms. The van der Waals surface area contributed by atoms with E-state index in [-0.39, 0.29) is 6.54 Å². The van der Waals surface area contributed by atoms with Crippen LogP contribution in [0.2, 0.25) is 5.02 Å². The highest BCUT2D eigenvalue weighted by Crippen LogP contribution is 2.25. The van der Waals surface area contributed by atoms with Crippen molar-refractivity contribution in [3.05, 3.63) is 82.1 Å². The molecule has 2 aromatic carbocycles. The molecule has 0 atom stereocenters. The molecule has 0 fully saturated rings. The Hall–Kier alpha value is -2.99. The van der Waals surface area contributed by atoms with Crippen LogP contribution in [-0.2, 0) is 19.7 Å². The number of nitrogens with zero attached hydrogens (tertiary/aromatic N) is 2. The summed E-state index contributed by atoms with van der Waals surface area (Å²) < 4.78 is 7.79. The third kappa shape index (κ3) is 5.24. The van der Waals surface area contributed by atoms with Gasteiger partial charge in [-0.15, -0.1) is 0 Å². The Morgan fingerprint density at radius 2 is 2.00 bits per heavy atom. The summed E-state index contributed by atoms with van der Waals surface area (Å²) in [5.74, 6) is 0.739. The maximum absolute atomic E-state index is 10.6. The Balaban J connectivity index is 1.76. The predicted molar refractivity (Wildman–Crippen MR) is 103 cm³/mol. The van der Waals surface area contributed by atoms with E-state index in [4.69, 9.17) is 21.4 Å². The molecule has 0 aliphatic rings. The minimum atomic E-state index is -1.08. The number of nitrogens with one attached hydrogen (secondary N) is 1. The van der Waals surface area contributed by atoms with E-state index in [0.29, 0.717) is 23.9 Å². The average Bonchev–Trinajstić information content (AvgIpc) is 3.00. The number of halogens is 1. The molecule has 2 N–H and O–H groups in total. The van der Waals surface area contributed by atoms with Crippen LogP contribution in [0.25, 0.3) is 0 Å². The maximum Gasteiger partial charge on any atom is 0.404 e. The van der Waals surface area contributed by atoms with Crippen LogP contribution in [0.3, 0.4) is 0 Å². The van der Waals surface area contributed by atoms with Gasteiger partial charge in [0.25, 0.3) is 0 Å². The van der Waals surface area contributed by atoms with Crippen LogP contribution >= 0.6 is 11.6 Å². The highest BCUT2D eigenvalue weighted by molar-refractivity contribution is 6.30. The van der Waals surface area contributed by atoms with E-state index in [1.54, 1.807) is 10.7 Å². The molecule has 0 aliphatic heterocycles. The number of hydrogen-bond acceptors (Lipinski definition) is 3. The molecule has 140 valence electrons. The number of benzene rings is 2. The lowest BCUT2D eigenvalue weighted by Gasteiger charge is -2.13. The molecule has 1 aromatic heterocycles. The zero-order valence-corrected chi connectivity index (χ0v) is 15.6. The SMILES string of the molecule is Cc1cc(CNC(=O)O)nn1Cc1cc(Cl)ccc1OCc1ccccc1. The van der Waals surface area contributed by atoms with Crippen LogP contribution in [0, 0.1) is 6.92 Å². The number of amides is 1. The molecule has 0 saturated heterocycles. The summed E-state index contributed by atoms with van der Waals surface area (Å²) in [7, 11) is 0. The molecule has 27 heavy (non-hydrogen) atoms. The highest BCUT2D eigenvalue weighted by Gasteiger charge is 2.11. The van der Waals surface area contributed by atoms with Crippen molar-refractivity contribution in [3.63, 3.8) is 0 Å². The molecule has 1 heterocycles. The first-order valence-corrected chi connectivity index (χ1v) is 8.84. The Morgan fingerprint density at radius 1 is 1.22 bits per heavy atom. The van der Waals surface area contributed by atoms with Gasteiger partial charge in [-0.25, -0.2) is 4.79 Å². The summed E-state index contributed by atoms with van der Waals surface area (Å²) in [4.78, 5) is 10.6. The van der Waals surface area contributed by atoms with E-state index < -0.39 is 6.09 Å². The monoisotopic (exact) mass is 385 g/mol. The fourth-order valence-corrected chi connectivity index (χ4v) is 2.89. The molecule has 6 nitrogen and oxygen atoms in total. The number of ether oxygens (including phenoxy) is 1. The first kappa shape index (κ1) is 18.8. The Kier molecular flexibility index (Phi) is 5.98. The Labute approximate surface area is 162 Å². The minimum Gasteiger partial charge on any atom is -0.489 e. The molecular weight excluding hydrogens is 366 g/mol. The van der Waals surface area contributed by atoms with Crippen LogP contribution in [0.4, 0.5) is 4.79 Å².